The molecule has 0 spiro atoms. The predicted octanol–water partition coefficient (Wildman–Crippen LogP) is 3.89. The molecule has 2 heterocycles. The maximum Gasteiger partial charge on any atom is 0.252 e. The number of hydrogen-bond acceptors (Lipinski definition) is 3. The summed E-state index contributed by atoms with van der Waals surface area (Å²) in [7, 11) is 0. The Morgan fingerprint density at radius 2 is 1.86 bits per heavy atom. The molecule has 0 aliphatic heterocycles. The molecule has 0 fully saturated rings. The Morgan fingerprint density at radius 1 is 1.07 bits per heavy atom. The minimum Gasteiger partial charge on any atom is -0.340 e. The van der Waals surface area contributed by atoms with Crippen molar-refractivity contribution in [3.8, 4) is 0 Å². The van der Waals surface area contributed by atoms with Gasteiger partial charge in [-0.15, -0.1) is 0 Å². The van der Waals surface area contributed by atoms with Gasteiger partial charge in [0.15, 0.2) is 0 Å². The van der Waals surface area contributed by atoms with Gasteiger partial charge in [-0.3, -0.25) is 14.6 Å². The standard InChI is InChI=1S/C23H18FN3O2/c1-14-5-7-15(8-6-14)22(20-4-2-3-11-25-20)27-23(29)18-13-21(28)26-19-10-9-16(24)12-17(18)19/h2-13,22H,1H3,(H,26,28)(H,27,29). The van der Waals surface area contributed by atoms with Gasteiger partial charge in [0.05, 0.1) is 17.3 Å². The topological polar surface area (TPSA) is 74.8 Å². The molecule has 4 rings (SSSR count). The smallest absolute Gasteiger partial charge is 0.252 e. The van der Waals surface area contributed by atoms with Crippen LogP contribution in [0, 0.1) is 12.7 Å². The van der Waals surface area contributed by atoms with E-state index in [0.717, 1.165) is 11.1 Å². The Balaban J connectivity index is 1.78. The summed E-state index contributed by atoms with van der Waals surface area (Å²) in [5.41, 5.74) is 2.67. The van der Waals surface area contributed by atoms with Gasteiger partial charge in [-0.25, -0.2) is 4.39 Å². The lowest BCUT2D eigenvalue weighted by atomic mass is 10.0. The third-order valence-electron chi connectivity index (χ3n) is 4.72. The predicted molar refractivity (Wildman–Crippen MR) is 109 cm³/mol. The fourth-order valence-electron chi connectivity index (χ4n) is 3.26. The first-order chi connectivity index (χ1) is 14.0. The minimum absolute atomic E-state index is 0.108. The molecule has 1 amide bonds. The van der Waals surface area contributed by atoms with E-state index in [4.69, 9.17) is 0 Å². The number of aryl methyl sites for hydroxylation is 1. The molecular formula is C23H18FN3O2. The molecule has 0 aliphatic rings. The first kappa shape index (κ1) is 18.6. The number of hydrogen-bond donors (Lipinski definition) is 2. The quantitative estimate of drug-likeness (QED) is 0.558. The number of carbonyl (C=O) groups is 1. The molecule has 29 heavy (non-hydrogen) atoms. The Kier molecular flexibility index (Phi) is 4.91. The molecule has 0 bridgehead atoms. The summed E-state index contributed by atoms with van der Waals surface area (Å²) in [4.78, 5) is 32.1. The fourth-order valence-corrected chi connectivity index (χ4v) is 3.26. The van der Waals surface area contributed by atoms with Gasteiger partial charge in [0.1, 0.15) is 5.82 Å². The van der Waals surface area contributed by atoms with Crippen LogP contribution in [-0.4, -0.2) is 15.9 Å². The number of amides is 1. The van der Waals surface area contributed by atoms with Crippen molar-refractivity contribution in [1.29, 1.82) is 0 Å². The van der Waals surface area contributed by atoms with Gasteiger partial charge in [0.2, 0.25) is 5.56 Å². The molecule has 1 atom stereocenters. The average Bonchev–Trinajstić information content (AvgIpc) is 2.73. The summed E-state index contributed by atoms with van der Waals surface area (Å²) in [5.74, 6) is -0.971. The van der Waals surface area contributed by atoms with Crippen molar-refractivity contribution in [3.05, 3.63) is 111 Å². The van der Waals surface area contributed by atoms with E-state index in [9.17, 15) is 14.0 Å². The van der Waals surface area contributed by atoms with Crippen LogP contribution in [-0.2, 0) is 0 Å². The van der Waals surface area contributed by atoms with Crippen LogP contribution in [0.15, 0.2) is 77.7 Å². The number of aromatic nitrogens is 2. The van der Waals surface area contributed by atoms with Crippen LogP contribution in [0.3, 0.4) is 0 Å². The van der Waals surface area contributed by atoms with Crippen LogP contribution in [0.1, 0.15) is 33.2 Å². The van der Waals surface area contributed by atoms with E-state index < -0.39 is 23.3 Å². The second-order valence-corrected chi connectivity index (χ2v) is 6.81. The van der Waals surface area contributed by atoms with Gasteiger partial charge in [-0.05, 0) is 42.8 Å². The number of carbonyl (C=O) groups excluding carboxylic acids is 1. The van der Waals surface area contributed by atoms with Crippen LogP contribution in [0.25, 0.3) is 10.9 Å². The Morgan fingerprint density at radius 3 is 2.59 bits per heavy atom. The highest BCUT2D eigenvalue weighted by Crippen LogP contribution is 2.23. The molecule has 0 aliphatic carbocycles. The number of nitrogens with one attached hydrogen (secondary N) is 2. The number of H-pyrrole nitrogens is 1. The van der Waals surface area contributed by atoms with Gasteiger partial charge in [0.25, 0.3) is 5.91 Å². The lowest BCUT2D eigenvalue weighted by Crippen LogP contribution is -2.31. The third-order valence-corrected chi connectivity index (χ3v) is 4.72. The monoisotopic (exact) mass is 387 g/mol. The van der Waals surface area contributed by atoms with Crippen molar-refractivity contribution in [3.63, 3.8) is 0 Å². The number of halogens is 1. The molecule has 2 aromatic heterocycles. The molecule has 0 saturated carbocycles. The largest absolute Gasteiger partial charge is 0.340 e. The lowest BCUT2D eigenvalue weighted by Gasteiger charge is -2.19. The van der Waals surface area contributed by atoms with Gasteiger partial charge >= 0.3 is 0 Å². The molecular weight excluding hydrogens is 369 g/mol. The minimum atomic E-state index is -0.521. The molecule has 6 heteroatoms. The van der Waals surface area contributed by atoms with Crippen LogP contribution in [0.4, 0.5) is 4.39 Å². The number of benzene rings is 2. The summed E-state index contributed by atoms with van der Waals surface area (Å²) in [5, 5.41) is 3.29. The Labute approximate surface area is 166 Å². The van der Waals surface area contributed by atoms with E-state index in [1.54, 1.807) is 12.3 Å². The van der Waals surface area contributed by atoms with Crippen LogP contribution < -0.4 is 10.9 Å². The van der Waals surface area contributed by atoms with Crippen molar-refractivity contribution in [2.24, 2.45) is 0 Å². The van der Waals surface area contributed by atoms with Crippen LogP contribution >= 0.6 is 0 Å². The van der Waals surface area contributed by atoms with E-state index >= 15 is 0 Å². The Hall–Kier alpha value is -3.80. The van der Waals surface area contributed by atoms with Gasteiger partial charge in [-0.1, -0.05) is 35.9 Å². The molecule has 2 N–H and O–H groups in total. The highest BCUT2D eigenvalue weighted by atomic mass is 19.1. The van der Waals surface area contributed by atoms with E-state index in [1.807, 2.05) is 43.3 Å². The molecule has 4 aromatic rings. The van der Waals surface area contributed by atoms with Crippen molar-refractivity contribution < 1.29 is 9.18 Å². The normalized spacial score (nSPS) is 11.9. The number of fused-ring (bicyclic) bond motifs is 1. The first-order valence-corrected chi connectivity index (χ1v) is 9.12. The maximum absolute atomic E-state index is 13.8. The highest BCUT2D eigenvalue weighted by Gasteiger charge is 2.21. The van der Waals surface area contributed by atoms with Gasteiger partial charge in [-0.2, -0.15) is 0 Å². The second kappa shape index (κ2) is 7.67. The second-order valence-electron chi connectivity index (χ2n) is 6.81. The molecule has 1 unspecified atom stereocenters. The average molecular weight is 387 g/mol. The fraction of sp³-hybridized carbons (Fsp3) is 0.0870. The zero-order valence-electron chi connectivity index (χ0n) is 15.6. The molecule has 0 radical (unpaired) electrons. The highest BCUT2D eigenvalue weighted by molar-refractivity contribution is 6.06. The molecule has 5 nitrogen and oxygen atoms in total. The van der Waals surface area contributed by atoms with Gasteiger partial charge in [0, 0.05) is 23.2 Å². The SMILES string of the molecule is Cc1ccc(C(NC(=O)c2cc(=O)[nH]c3ccc(F)cc23)c2ccccn2)cc1. The maximum atomic E-state index is 13.8. The van der Waals surface area contributed by atoms with Crippen molar-refractivity contribution >= 4 is 16.8 Å². The number of pyridine rings is 2. The summed E-state index contributed by atoms with van der Waals surface area (Å²) in [6.45, 7) is 1.98. The van der Waals surface area contributed by atoms with E-state index in [0.29, 0.717) is 16.6 Å². The molecule has 0 saturated heterocycles. The van der Waals surface area contributed by atoms with E-state index in [2.05, 4.69) is 15.3 Å². The summed E-state index contributed by atoms with van der Waals surface area (Å²) in [6, 6.07) is 17.8. The van der Waals surface area contributed by atoms with Crippen molar-refractivity contribution in [1.82, 2.24) is 15.3 Å². The first-order valence-electron chi connectivity index (χ1n) is 9.12. The Bertz CT molecular complexity index is 1230. The summed E-state index contributed by atoms with van der Waals surface area (Å²) >= 11 is 0. The van der Waals surface area contributed by atoms with Gasteiger partial charge < -0.3 is 10.3 Å². The summed E-state index contributed by atoms with van der Waals surface area (Å²) in [6.07, 6.45) is 1.65. The zero-order chi connectivity index (χ0) is 20.4. The summed E-state index contributed by atoms with van der Waals surface area (Å²) < 4.78 is 13.8. The number of rotatable bonds is 4. The third kappa shape index (κ3) is 3.91. The molecule has 2 aromatic carbocycles. The van der Waals surface area contributed by atoms with Crippen molar-refractivity contribution in [2.45, 2.75) is 13.0 Å². The number of aromatic amines is 1. The van der Waals surface area contributed by atoms with Crippen molar-refractivity contribution in [2.75, 3.05) is 0 Å². The van der Waals surface area contributed by atoms with Crippen LogP contribution in [0.5, 0.6) is 0 Å². The lowest BCUT2D eigenvalue weighted by molar-refractivity contribution is 0.0944. The number of nitrogens with zero attached hydrogens (tertiary/aromatic N) is 1. The molecule has 144 valence electrons. The van der Waals surface area contributed by atoms with Crippen LogP contribution in [0.2, 0.25) is 0 Å². The zero-order valence-corrected chi connectivity index (χ0v) is 15.6. The van der Waals surface area contributed by atoms with E-state index in [1.165, 1.54) is 24.3 Å². The van der Waals surface area contributed by atoms with E-state index in [-0.39, 0.29) is 5.56 Å².